The Morgan fingerprint density at radius 2 is 1.88 bits per heavy atom. The van der Waals surface area contributed by atoms with Gasteiger partial charge in [-0.1, -0.05) is 24.3 Å². The monoisotopic (exact) mass is 339 g/mol. The normalized spacial score (nSPS) is 20.4. The van der Waals surface area contributed by atoms with Crippen molar-refractivity contribution in [1.29, 1.82) is 0 Å². The van der Waals surface area contributed by atoms with Crippen LogP contribution in [-0.2, 0) is 0 Å². The first-order chi connectivity index (χ1) is 12.2. The molecule has 2 aromatic carbocycles. The molecular weight excluding hydrogens is 317 g/mol. The zero-order valence-corrected chi connectivity index (χ0v) is 14.1. The molecule has 0 saturated carbocycles. The third-order valence-electron chi connectivity index (χ3n) is 5.17. The van der Waals surface area contributed by atoms with E-state index in [0.717, 1.165) is 36.4 Å². The number of nitrogens with zero attached hydrogens (tertiary/aromatic N) is 2. The highest BCUT2D eigenvalue weighted by atomic mass is 19.1. The molecule has 2 aliphatic rings. The lowest BCUT2D eigenvalue weighted by Crippen LogP contribution is -2.53. The van der Waals surface area contributed by atoms with Gasteiger partial charge in [0.05, 0.1) is 0 Å². The number of rotatable bonds is 2. The van der Waals surface area contributed by atoms with Crippen molar-refractivity contribution in [2.75, 3.05) is 31.5 Å². The van der Waals surface area contributed by atoms with Crippen LogP contribution < -0.4 is 5.32 Å². The van der Waals surface area contributed by atoms with Crippen molar-refractivity contribution >= 4 is 11.7 Å². The third-order valence-corrected chi connectivity index (χ3v) is 5.17. The molecule has 0 aromatic heterocycles. The Labute approximate surface area is 147 Å². The van der Waals surface area contributed by atoms with Crippen LogP contribution >= 0.6 is 0 Å². The van der Waals surface area contributed by atoms with Crippen LogP contribution in [0.3, 0.4) is 0 Å². The van der Waals surface area contributed by atoms with E-state index in [0.29, 0.717) is 6.04 Å². The Morgan fingerprint density at radius 1 is 1.04 bits per heavy atom. The molecule has 4 rings (SSSR count). The SMILES string of the molecule is O=C(Nc1ccc(-c2cccc(F)c2)cc1)N1CCN2CCC[C@H]2C1. The Hall–Kier alpha value is -2.40. The Kier molecular flexibility index (Phi) is 4.40. The van der Waals surface area contributed by atoms with Crippen LogP contribution in [0.4, 0.5) is 14.9 Å². The smallest absolute Gasteiger partial charge is 0.321 e. The number of amides is 2. The van der Waals surface area contributed by atoms with Crippen molar-refractivity contribution in [3.63, 3.8) is 0 Å². The van der Waals surface area contributed by atoms with E-state index in [1.165, 1.54) is 31.5 Å². The Balaban J connectivity index is 1.40. The van der Waals surface area contributed by atoms with E-state index < -0.39 is 0 Å². The summed E-state index contributed by atoms with van der Waals surface area (Å²) in [4.78, 5) is 16.9. The molecule has 130 valence electrons. The van der Waals surface area contributed by atoms with Crippen LogP contribution in [0.1, 0.15) is 12.8 Å². The summed E-state index contributed by atoms with van der Waals surface area (Å²) in [5.41, 5.74) is 2.52. The van der Waals surface area contributed by atoms with Crippen LogP contribution in [0.25, 0.3) is 11.1 Å². The second kappa shape index (κ2) is 6.84. The molecule has 2 aliphatic heterocycles. The fourth-order valence-electron chi connectivity index (χ4n) is 3.79. The lowest BCUT2D eigenvalue weighted by Gasteiger charge is -2.37. The number of fused-ring (bicyclic) bond motifs is 1. The molecule has 0 unspecified atom stereocenters. The number of piperazine rings is 1. The molecule has 1 atom stereocenters. The molecule has 25 heavy (non-hydrogen) atoms. The number of halogens is 1. The first-order valence-electron chi connectivity index (χ1n) is 8.85. The standard InChI is InChI=1S/C20H22FN3O/c21-17-4-1-3-16(13-17)15-6-8-18(9-7-15)22-20(25)24-12-11-23-10-2-5-19(23)14-24/h1,3-4,6-9,13,19H,2,5,10-12,14H2,(H,22,25)/t19-/m0/s1. The second-order valence-corrected chi connectivity index (χ2v) is 6.80. The molecule has 0 aliphatic carbocycles. The summed E-state index contributed by atoms with van der Waals surface area (Å²) in [5.74, 6) is -0.249. The van der Waals surface area contributed by atoms with Gasteiger partial charge in [0.1, 0.15) is 5.82 Å². The highest BCUT2D eigenvalue weighted by Gasteiger charge is 2.32. The average molecular weight is 339 g/mol. The van der Waals surface area contributed by atoms with Gasteiger partial charge in [-0.15, -0.1) is 0 Å². The minimum Gasteiger partial charge on any atom is -0.322 e. The summed E-state index contributed by atoms with van der Waals surface area (Å²) in [6, 6.07) is 14.5. The number of hydrogen-bond donors (Lipinski definition) is 1. The summed E-state index contributed by atoms with van der Waals surface area (Å²) >= 11 is 0. The molecule has 0 radical (unpaired) electrons. The Morgan fingerprint density at radius 3 is 2.68 bits per heavy atom. The molecule has 4 nitrogen and oxygen atoms in total. The van der Waals surface area contributed by atoms with Crippen molar-refractivity contribution in [1.82, 2.24) is 9.80 Å². The van der Waals surface area contributed by atoms with Gasteiger partial charge in [0.15, 0.2) is 0 Å². The maximum Gasteiger partial charge on any atom is 0.321 e. The minimum atomic E-state index is -0.249. The number of hydrogen-bond acceptors (Lipinski definition) is 2. The first-order valence-corrected chi connectivity index (χ1v) is 8.85. The van der Waals surface area contributed by atoms with E-state index in [-0.39, 0.29) is 11.8 Å². The molecular formula is C20H22FN3O. The topological polar surface area (TPSA) is 35.6 Å². The Bertz CT molecular complexity index is 762. The van der Waals surface area contributed by atoms with Crippen LogP contribution in [-0.4, -0.2) is 48.1 Å². The number of nitrogens with one attached hydrogen (secondary N) is 1. The fourth-order valence-corrected chi connectivity index (χ4v) is 3.79. The van der Waals surface area contributed by atoms with Gasteiger partial charge in [-0.3, -0.25) is 4.90 Å². The van der Waals surface area contributed by atoms with E-state index in [2.05, 4.69) is 10.2 Å². The van der Waals surface area contributed by atoms with Crippen LogP contribution in [0.5, 0.6) is 0 Å². The maximum absolute atomic E-state index is 13.3. The van der Waals surface area contributed by atoms with E-state index in [9.17, 15) is 9.18 Å². The van der Waals surface area contributed by atoms with Crippen LogP contribution in [0, 0.1) is 5.82 Å². The quantitative estimate of drug-likeness (QED) is 0.903. The fraction of sp³-hybridized carbons (Fsp3) is 0.350. The highest BCUT2D eigenvalue weighted by molar-refractivity contribution is 5.89. The summed E-state index contributed by atoms with van der Waals surface area (Å²) < 4.78 is 13.3. The van der Waals surface area contributed by atoms with Gasteiger partial charge in [0, 0.05) is 31.4 Å². The lowest BCUT2D eigenvalue weighted by molar-refractivity contribution is 0.124. The maximum atomic E-state index is 13.3. The van der Waals surface area contributed by atoms with Gasteiger partial charge in [0.25, 0.3) is 0 Å². The lowest BCUT2D eigenvalue weighted by atomic mass is 10.1. The second-order valence-electron chi connectivity index (χ2n) is 6.80. The van der Waals surface area contributed by atoms with Crippen molar-refractivity contribution in [3.8, 4) is 11.1 Å². The highest BCUT2D eigenvalue weighted by Crippen LogP contribution is 2.24. The largest absolute Gasteiger partial charge is 0.322 e. The van der Waals surface area contributed by atoms with Crippen LogP contribution in [0.15, 0.2) is 48.5 Å². The van der Waals surface area contributed by atoms with Gasteiger partial charge >= 0.3 is 6.03 Å². The van der Waals surface area contributed by atoms with E-state index in [1.807, 2.05) is 35.2 Å². The van der Waals surface area contributed by atoms with E-state index in [1.54, 1.807) is 6.07 Å². The van der Waals surface area contributed by atoms with Gasteiger partial charge in [-0.25, -0.2) is 9.18 Å². The zero-order chi connectivity index (χ0) is 17.2. The predicted molar refractivity (Wildman–Crippen MR) is 97.0 cm³/mol. The summed E-state index contributed by atoms with van der Waals surface area (Å²) in [6.45, 7) is 3.73. The van der Waals surface area contributed by atoms with Gasteiger partial charge < -0.3 is 10.2 Å². The molecule has 0 bridgehead atoms. The number of benzene rings is 2. The number of urea groups is 1. The molecule has 0 spiro atoms. The average Bonchev–Trinajstić information content (AvgIpc) is 3.10. The molecule has 2 fully saturated rings. The summed E-state index contributed by atoms with van der Waals surface area (Å²) in [6.07, 6.45) is 2.42. The summed E-state index contributed by atoms with van der Waals surface area (Å²) in [5, 5.41) is 2.98. The van der Waals surface area contributed by atoms with Crippen LogP contribution in [0.2, 0.25) is 0 Å². The predicted octanol–water partition coefficient (Wildman–Crippen LogP) is 3.80. The van der Waals surface area contributed by atoms with Gasteiger partial charge in [0.2, 0.25) is 0 Å². The van der Waals surface area contributed by atoms with E-state index >= 15 is 0 Å². The zero-order valence-electron chi connectivity index (χ0n) is 14.1. The number of carbonyl (C=O) groups excluding carboxylic acids is 1. The van der Waals surface area contributed by atoms with Crippen molar-refractivity contribution in [3.05, 3.63) is 54.3 Å². The van der Waals surface area contributed by atoms with Gasteiger partial charge in [-0.05, 0) is 54.8 Å². The molecule has 2 heterocycles. The molecule has 2 saturated heterocycles. The number of anilines is 1. The summed E-state index contributed by atoms with van der Waals surface area (Å²) in [7, 11) is 0. The number of carbonyl (C=O) groups is 1. The van der Waals surface area contributed by atoms with Crippen molar-refractivity contribution in [2.24, 2.45) is 0 Å². The van der Waals surface area contributed by atoms with Crippen molar-refractivity contribution < 1.29 is 9.18 Å². The van der Waals surface area contributed by atoms with E-state index in [4.69, 9.17) is 0 Å². The molecule has 2 aromatic rings. The molecule has 1 N–H and O–H groups in total. The van der Waals surface area contributed by atoms with Crippen molar-refractivity contribution in [2.45, 2.75) is 18.9 Å². The first kappa shape index (κ1) is 16.1. The minimum absolute atomic E-state index is 0.0370. The molecule has 5 heteroatoms. The molecule has 2 amide bonds. The van der Waals surface area contributed by atoms with Gasteiger partial charge in [-0.2, -0.15) is 0 Å². The third kappa shape index (κ3) is 3.51.